The van der Waals surface area contributed by atoms with E-state index in [1.54, 1.807) is 52.5 Å². The van der Waals surface area contributed by atoms with Crippen molar-refractivity contribution in [2.75, 3.05) is 7.11 Å². The Morgan fingerprint density at radius 1 is 0.571 bits per heavy atom. The average Bonchev–Trinajstić information content (AvgIpc) is 3.51. The normalized spacial score (nSPS) is 9.46. The summed E-state index contributed by atoms with van der Waals surface area (Å²) < 4.78 is 5.19. The Labute approximate surface area is 180 Å². The molecule has 0 unspecified atom stereocenters. The van der Waals surface area contributed by atoms with Crippen LogP contribution < -0.4 is 4.74 Å². The van der Waals surface area contributed by atoms with Crippen LogP contribution >= 0.6 is 45.3 Å². The minimum atomic E-state index is 0.873. The lowest BCUT2D eigenvalue weighted by Crippen LogP contribution is -1.73. The standard InChI is InChI=1S/C23H12OS4/c1-24-23-15-14-22(28-23)13-12-21-11-10-20(27-21)9-8-19-7-6-18(26-19)5-4-17-3-2-16-25-17/h2-3,6-7,10-11,14-16H,1H3. The van der Waals surface area contributed by atoms with E-state index < -0.39 is 0 Å². The van der Waals surface area contributed by atoms with E-state index in [0.29, 0.717) is 0 Å². The molecule has 0 aliphatic heterocycles. The summed E-state index contributed by atoms with van der Waals surface area (Å²) in [6, 6.07) is 16.0. The predicted octanol–water partition coefficient (Wildman–Crippen LogP) is 6.14. The van der Waals surface area contributed by atoms with E-state index in [1.807, 2.05) is 53.9 Å². The minimum absolute atomic E-state index is 0.873. The molecule has 0 saturated heterocycles. The van der Waals surface area contributed by atoms with Gasteiger partial charge in [-0.15, -0.1) is 34.0 Å². The monoisotopic (exact) mass is 432 g/mol. The van der Waals surface area contributed by atoms with Gasteiger partial charge in [-0.05, 0) is 83.4 Å². The molecule has 0 amide bonds. The Balaban J connectivity index is 1.43. The molecule has 0 atom stereocenters. The SMILES string of the molecule is COc1ccc(C#Cc2ccc(C#Cc3ccc(C#Cc4cccs4)s3)s2)s1. The average molecular weight is 433 g/mol. The fraction of sp³-hybridized carbons (Fsp3) is 0.0435. The summed E-state index contributed by atoms with van der Waals surface area (Å²) in [6.45, 7) is 0. The fourth-order valence-electron chi connectivity index (χ4n) is 2.16. The van der Waals surface area contributed by atoms with E-state index >= 15 is 0 Å². The molecule has 5 heteroatoms. The van der Waals surface area contributed by atoms with Crippen molar-refractivity contribution in [1.82, 2.24) is 0 Å². The minimum Gasteiger partial charge on any atom is -0.487 e. The Hall–Kier alpha value is -2.72. The van der Waals surface area contributed by atoms with Gasteiger partial charge in [0.25, 0.3) is 0 Å². The molecule has 4 aromatic heterocycles. The van der Waals surface area contributed by atoms with Crippen LogP contribution in [0.4, 0.5) is 0 Å². The molecule has 0 spiro atoms. The maximum absolute atomic E-state index is 5.19. The van der Waals surface area contributed by atoms with Gasteiger partial charge in [0, 0.05) is 0 Å². The van der Waals surface area contributed by atoms with Crippen LogP contribution in [0.5, 0.6) is 5.06 Å². The van der Waals surface area contributed by atoms with Gasteiger partial charge in [-0.3, -0.25) is 0 Å². The highest BCUT2D eigenvalue weighted by atomic mass is 32.1. The molecule has 4 rings (SSSR count). The van der Waals surface area contributed by atoms with Crippen LogP contribution in [0.1, 0.15) is 29.3 Å². The van der Waals surface area contributed by atoms with E-state index in [-0.39, 0.29) is 0 Å². The highest BCUT2D eigenvalue weighted by Gasteiger charge is 1.98. The number of rotatable bonds is 1. The first-order chi connectivity index (χ1) is 13.8. The van der Waals surface area contributed by atoms with Crippen LogP contribution in [0.25, 0.3) is 0 Å². The summed E-state index contributed by atoms with van der Waals surface area (Å²) in [6.07, 6.45) is 0. The van der Waals surface area contributed by atoms with Crippen LogP contribution in [0.3, 0.4) is 0 Å². The van der Waals surface area contributed by atoms with Gasteiger partial charge >= 0.3 is 0 Å². The van der Waals surface area contributed by atoms with Gasteiger partial charge in [-0.1, -0.05) is 17.4 Å². The highest BCUT2D eigenvalue weighted by Crippen LogP contribution is 2.23. The Morgan fingerprint density at radius 3 is 1.46 bits per heavy atom. The largest absolute Gasteiger partial charge is 0.487 e. The van der Waals surface area contributed by atoms with Gasteiger partial charge in [0.1, 0.15) is 0 Å². The Kier molecular flexibility index (Phi) is 5.98. The molecule has 0 radical (unpaired) electrons. The zero-order chi connectivity index (χ0) is 19.2. The van der Waals surface area contributed by atoms with Crippen LogP contribution in [0.15, 0.2) is 53.9 Å². The van der Waals surface area contributed by atoms with Gasteiger partial charge in [0.15, 0.2) is 5.06 Å². The summed E-state index contributed by atoms with van der Waals surface area (Å²) in [5.74, 6) is 19.2. The van der Waals surface area contributed by atoms with Crippen molar-refractivity contribution in [2.24, 2.45) is 0 Å². The van der Waals surface area contributed by atoms with Crippen LogP contribution in [-0.2, 0) is 0 Å². The van der Waals surface area contributed by atoms with E-state index in [4.69, 9.17) is 4.74 Å². The Bertz CT molecular complexity index is 1270. The molecule has 4 heterocycles. The zero-order valence-electron chi connectivity index (χ0n) is 14.7. The third-order valence-electron chi connectivity index (χ3n) is 3.44. The number of hydrogen-bond donors (Lipinski definition) is 0. The summed E-state index contributed by atoms with van der Waals surface area (Å²) in [7, 11) is 1.67. The van der Waals surface area contributed by atoms with Crippen molar-refractivity contribution in [3.05, 3.63) is 83.2 Å². The summed E-state index contributed by atoms with van der Waals surface area (Å²) in [5, 5.41) is 2.91. The van der Waals surface area contributed by atoms with E-state index in [1.165, 1.54) is 0 Å². The molecule has 0 N–H and O–H groups in total. The molecule has 0 saturated carbocycles. The molecule has 0 aromatic carbocycles. The van der Waals surface area contributed by atoms with Crippen molar-refractivity contribution in [3.8, 4) is 40.6 Å². The topological polar surface area (TPSA) is 9.23 Å². The van der Waals surface area contributed by atoms with Crippen LogP contribution in [0.2, 0.25) is 0 Å². The Morgan fingerprint density at radius 2 is 1.04 bits per heavy atom. The molecule has 0 bridgehead atoms. The first-order valence-electron chi connectivity index (χ1n) is 8.21. The van der Waals surface area contributed by atoms with Crippen molar-refractivity contribution in [3.63, 3.8) is 0 Å². The molecule has 134 valence electrons. The van der Waals surface area contributed by atoms with Crippen LogP contribution in [0, 0.1) is 35.5 Å². The quantitative estimate of drug-likeness (QED) is 0.328. The van der Waals surface area contributed by atoms with E-state index in [9.17, 15) is 0 Å². The van der Waals surface area contributed by atoms with Crippen LogP contribution in [-0.4, -0.2) is 7.11 Å². The molecule has 0 fully saturated rings. The number of ether oxygens (including phenoxy) is 1. The lowest BCUT2D eigenvalue weighted by atomic mass is 10.3. The molecular formula is C23H12OS4. The zero-order valence-corrected chi connectivity index (χ0v) is 18.0. The molecule has 0 aliphatic carbocycles. The predicted molar refractivity (Wildman–Crippen MR) is 122 cm³/mol. The summed E-state index contributed by atoms with van der Waals surface area (Å²) in [4.78, 5) is 6.13. The third-order valence-corrected chi connectivity index (χ3v) is 7.02. The second-order valence-electron chi connectivity index (χ2n) is 5.38. The van der Waals surface area contributed by atoms with Crippen molar-refractivity contribution >= 4 is 45.3 Å². The molecule has 1 nitrogen and oxygen atoms in total. The second kappa shape index (κ2) is 8.98. The number of hydrogen-bond acceptors (Lipinski definition) is 5. The fourth-order valence-corrected chi connectivity index (χ4v) is 4.83. The van der Waals surface area contributed by atoms with E-state index in [0.717, 1.165) is 34.3 Å². The van der Waals surface area contributed by atoms with Gasteiger partial charge in [0.05, 0.1) is 36.4 Å². The van der Waals surface area contributed by atoms with Crippen molar-refractivity contribution < 1.29 is 4.74 Å². The molecule has 0 aliphatic rings. The van der Waals surface area contributed by atoms with Crippen molar-refractivity contribution in [1.29, 1.82) is 0 Å². The third kappa shape index (κ3) is 4.96. The maximum Gasteiger partial charge on any atom is 0.174 e. The smallest absolute Gasteiger partial charge is 0.174 e. The number of thiophene rings is 4. The maximum atomic E-state index is 5.19. The summed E-state index contributed by atoms with van der Waals surface area (Å²) in [5.41, 5.74) is 0. The van der Waals surface area contributed by atoms with E-state index in [2.05, 4.69) is 35.5 Å². The van der Waals surface area contributed by atoms with Gasteiger partial charge in [0.2, 0.25) is 0 Å². The molecular weight excluding hydrogens is 421 g/mol. The lowest BCUT2D eigenvalue weighted by Gasteiger charge is -1.87. The first-order valence-corrected chi connectivity index (χ1v) is 11.5. The number of methoxy groups -OCH3 is 1. The van der Waals surface area contributed by atoms with Gasteiger partial charge in [-0.25, -0.2) is 0 Å². The van der Waals surface area contributed by atoms with Crippen molar-refractivity contribution in [2.45, 2.75) is 0 Å². The summed E-state index contributed by atoms with van der Waals surface area (Å²) >= 11 is 6.41. The molecule has 4 aromatic rings. The van der Waals surface area contributed by atoms with Gasteiger partial charge in [-0.2, -0.15) is 0 Å². The lowest BCUT2D eigenvalue weighted by molar-refractivity contribution is 0.427. The highest BCUT2D eigenvalue weighted by molar-refractivity contribution is 7.14. The second-order valence-corrected chi connectivity index (χ2v) is 9.54. The first kappa shape index (κ1) is 18.6. The van der Waals surface area contributed by atoms with Gasteiger partial charge < -0.3 is 4.74 Å². The molecule has 28 heavy (non-hydrogen) atoms.